The first kappa shape index (κ1) is 8.95. The zero-order valence-electron chi connectivity index (χ0n) is 8.35. The molecule has 1 aromatic carbocycles. The van der Waals surface area contributed by atoms with Crippen LogP contribution in [0.25, 0.3) is 22.1 Å². The van der Waals surface area contributed by atoms with Crippen molar-refractivity contribution in [3.05, 3.63) is 23.5 Å². The summed E-state index contributed by atoms with van der Waals surface area (Å²) in [6, 6.07) is 0. The number of aromatic nitrogens is 4. The monoisotopic (exact) mass is 264 g/mol. The fraction of sp³-hybridized carbons (Fsp3) is 0.200. The van der Waals surface area contributed by atoms with Gasteiger partial charge < -0.3 is 0 Å². The fourth-order valence-electron chi connectivity index (χ4n) is 1.79. The average Bonchev–Trinajstić information content (AvgIpc) is 2.75. The Labute approximate surface area is 92.6 Å². The molecule has 0 unspecified atom stereocenters. The molecule has 2 aromatic heterocycles. The average molecular weight is 263 g/mol. The molecule has 4 nitrogen and oxygen atoms in total. The number of aryl methyl sites for hydroxylation is 2. The molecule has 0 spiro atoms. The first-order valence-corrected chi connectivity index (χ1v) is 6.14. The molecular weight excluding hydrogens is 255 g/mol. The van der Waals surface area contributed by atoms with Crippen LogP contribution in [0, 0.1) is 13.8 Å². The van der Waals surface area contributed by atoms with Crippen molar-refractivity contribution in [2.45, 2.75) is 13.8 Å². The molecule has 0 atom stereocenters. The molecule has 2 heterocycles. The molecule has 0 aliphatic heterocycles. The number of benzene rings is 1. The van der Waals surface area contributed by atoms with Gasteiger partial charge in [0.2, 0.25) is 0 Å². The molecule has 0 bridgehead atoms. The van der Waals surface area contributed by atoms with Crippen molar-refractivity contribution in [1.29, 1.82) is 0 Å². The van der Waals surface area contributed by atoms with E-state index in [0.717, 1.165) is 33.2 Å². The van der Waals surface area contributed by atoms with E-state index in [2.05, 4.69) is 17.9 Å². The van der Waals surface area contributed by atoms with E-state index in [9.17, 15) is 0 Å². The summed E-state index contributed by atoms with van der Waals surface area (Å²) in [4.78, 5) is 8.72. The fourth-order valence-corrected chi connectivity index (χ4v) is 3.16. The summed E-state index contributed by atoms with van der Waals surface area (Å²) in [5, 5.41) is 0. The quantitative estimate of drug-likeness (QED) is 0.573. The van der Waals surface area contributed by atoms with Gasteiger partial charge in [0.25, 0.3) is 0 Å². The predicted molar refractivity (Wildman–Crippen MR) is 59.0 cm³/mol. The molecule has 5 heteroatoms. The number of nitrogens with zero attached hydrogens (tertiary/aromatic N) is 4. The standard InChI is InChI=1S/C10H8N4Se/c1-5-7-8(12-4-3-11-7)6(2)10-9(5)13-15-14-10/h3-4H,1-2H3. The van der Waals surface area contributed by atoms with Gasteiger partial charge in [0.15, 0.2) is 0 Å². The van der Waals surface area contributed by atoms with Gasteiger partial charge in [-0.25, -0.2) is 0 Å². The van der Waals surface area contributed by atoms with Crippen LogP contribution in [0.1, 0.15) is 11.1 Å². The van der Waals surface area contributed by atoms with Gasteiger partial charge in [0.05, 0.1) is 0 Å². The molecule has 15 heavy (non-hydrogen) atoms. The van der Waals surface area contributed by atoms with Crippen LogP contribution in [-0.2, 0) is 0 Å². The molecule has 0 amide bonds. The van der Waals surface area contributed by atoms with Crippen molar-refractivity contribution >= 4 is 37.0 Å². The van der Waals surface area contributed by atoms with Crippen molar-refractivity contribution < 1.29 is 0 Å². The van der Waals surface area contributed by atoms with Gasteiger partial charge in [-0.3, -0.25) is 0 Å². The molecule has 0 saturated carbocycles. The van der Waals surface area contributed by atoms with Gasteiger partial charge in [-0.2, -0.15) is 0 Å². The molecule has 3 rings (SSSR count). The molecular formula is C10H8N4Se. The second-order valence-electron chi connectivity index (χ2n) is 3.46. The van der Waals surface area contributed by atoms with E-state index in [0.29, 0.717) is 0 Å². The normalized spacial score (nSPS) is 11.3. The SMILES string of the molecule is Cc1c2nccnc2c(C)c2n[se]nc12. The summed E-state index contributed by atoms with van der Waals surface area (Å²) >= 11 is 0.00916. The van der Waals surface area contributed by atoms with E-state index in [4.69, 9.17) is 0 Å². The third-order valence-electron chi connectivity index (χ3n) is 2.61. The minimum atomic E-state index is 0.00916. The summed E-state index contributed by atoms with van der Waals surface area (Å²) in [5.74, 6) is 0. The number of hydrogen-bond acceptors (Lipinski definition) is 4. The Morgan fingerprint density at radius 1 is 0.800 bits per heavy atom. The second kappa shape index (κ2) is 3.08. The molecule has 0 saturated heterocycles. The van der Waals surface area contributed by atoms with Gasteiger partial charge in [-0.1, -0.05) is 0 Å². The van der Waals surface area contributed by atoms with Crippen LogP contribution < -0.4 is 0 Å². The van der Waals surface area contributed by atoms with Crippen LogP contribution in [0.15, 0.2) is 12.4 Å². The summed E-state index contributed by atoms with van der Waals surface area (Å²) in [7, 11) is 0. The Kier molecular flexibility index (Phi) is 1.84. The molecule has 0 aliphatic carbocycles. The summed E-state index contributed by atoms with van der Waals surface area (Å²) in [6.45, 7) is 4.07. The van der Waals surface area contributed by atoms with Gasteiger partial charge in [0.1, 0.15) is 0 Å². The molecule has 0 N–H and O–H groups in total. The second-order valence-corrected chi connectivity index (χ2v) is 4.57. The van der Waals surface area contributed by atoms with E-state index in [-0.39, 0.29) is 15.0 Å². The van der Waals surface area contributed by atoms with E-state index in [1.165, 1.54) is 0 Å². The van der Waals surface area contributed by atoms with Gasteiger partial charge in [-0.05, 0) is 0 Å². The topological polar surface area (TPSA) is 51.6 Å². The summed E-state index contributed by atoms with van der Waals surface area (Å²) < 4.78 is 8.88. The van der Waals surface area contributed by atoms with Crippen molar-refractivity contribution in [3.63, 3.8) is 0 Å². The van der Waals surface area contributed by atoms with E-state index < -0.39 is 0 Å². The maximum absolute atomic E-state index is 4.44. The van der Waals surface area contributed by atoms with Crippen molar-refractivity contribution in [2.24, 2.45) is 0 Å². The molecule has 74 valence electrons. The van der Waals surface area contributed by atoms with Crippen molar-refractivity contribution in [2.75, 3.05) is 0 Å². The van der Waals surface area contributed by atoms with E-state index in [1.807, 2.05) is 13.8 Å². The Hall–Kier alpha value is -1.32. The molecule has 3 aromatic rings. The number of hydrogen-bond donors (Lipinski definition) is 0. The van der Waals surface area contributed by atoms with Crippen LogP contribution in [0.2, 0.25) is 0 Å². The van der Waals surface area contributed by atoms with Crippen LogP contribution in [-0.4, -0.2) is 32.9 Å². The van der Waals surface area contributed by atoms with Gasteiger partial charge in [-0.15, -0.1) is 0 Å². The van der Waals surface area contributed by atoms with Crippen LogP contribution in [0.5, 0.6) is 0 Å². The van der Waals surface area contributed by atoms with Crippen LogP contribution in [0.4, 0.5) is 0 Å². The zero-order chi connectivity index (χ0) is 10.4. The Morgan fingerprint density at radius 2 is 1.27 bits per heavy atom. The summed E-state index contributed by atoms with van der Waals surface area (Å²) in [6.07, 6.45) is 3.44. The third-order valence-corrected chi connectivity index (χ3v) is 3.72. The van der Waals surface area contributed by atoms with Gasteiger partial charge in [0, 0.05) is 0 Å². The van der Waals surface area contributed by atoms with Crippen LogP contribution >= 0.6 is 0 Å². The van der Waals surface area contributed by atoms with E-state index >= 15 is 0 Å². The Bertz CT molecular complexity index is 603. The van der Waals surface area contributed by atoms with Crippen molar-refractivity contribution in [3.8, 4) is 0 Å². The minimum absolute atomic E-state index is 0.00916. The van der Waals surface area contributed by atoms with Crippen LogP contribution in [0.3, 0.4) is 0 Å². The molecule has 0 fully saturated rings. The Morgan fingerprint density at radius 3 is 1.73 bits per heavy atom. The first-order chi connectivity index (χ1) is 7.29. The van der Waals surface area contributed by atoms with Crippen molar-refractivity contribution in [1.82, 2.24) is 17.9 Å². The first-order valence-electron chi connectivity index (χ1n) is 4.61. The third kappa shape index (κ3) is 1.14. The molecule has 0 radical (unpaired) electrons. The Balaban J connectivity index is 2.69. The van der Waals surface area contributed by atoms with E-state index in [1.54, 1.807) is 12.4 Å². The molecule has 0 aliphatic rings. The maximum atomic E-state index is 4.44. The van der Waals surface area contributed by atoms with Gasteiger partial charge >= 0.3 is 92.3 Å². The number of rotatable bonds is 0. The number of fused-ring (bicyclic) bond motifs is 2. The summed E-state index contributed by atoms with van der Waals surface area (Å²) in [5.41, 5.74) is 6.13. The zero-order valence-corrected chi connectivity index (χ0v) is 10.1. The predicted octanol–water partition coefficient (Wildman–Crippen LogP) is 1.25.